The molecule has 0 saturated heterocycles. The molecule has 4 heteroatoms. The van der Waals surface area contributed by atoms with Crippen LogP contribution in [0.3, 0.4) is 0 Å². The zero-order chi connectivity index (χ0) is 12.5. The molecule has 17 heavy (non-hydrogen) atoms. The van der Waals surface area contributed by atoms with E-state index in [2.05, 4.69) is 0 Å². The van der Waals surface area contributed by atoms with E-state index in [4.69, 9.17) is 16.3 Å². The standard InChI is InChI=1S/C13H15ClO3/c1-9-8-10(14)4-5-11(9)17-13(12(15)16)6-2-3-7-13/h4-5,8H,2-3,6-7H2,1H3,(H,15,16). The van der Waals surface area contributed by atoms with Crippen molar-refractivity contribution in [3.8, 4) is 5.75 Å². The van der Waals surface area contributed by atoms with Crippen molar-refractivity contribution in [2.24, 2.45) is 0 Å². The van der Waals surface area contributed by atoms with E-state index in [1.807, 2.05) is 6.92 Å². The van der Waals surface area contributed by atoms with E-state index in [1.165, 1.54) is 0 Å². The van der Waals surface area contributed by atoms with Gasteiger partial charge >= 0.3 is 5.97 Å². The molecule has 0 aromatic heterocycles. The predicted octanol–water partition coefficient (Wildman–Crippen LogP) is 3.42. The van der Waals surface area contributed by atoms with Crippen molar-refractivity contribution in [1.82, 2.24) is 0 Å². The zero-order valence-electron chi connectivity index (χ0n) is 9.70. The van der Waals surface area contributed by atoms with E-state index in [0.29, 0.717) is 23.6 Å². The van der Waals surface area contributed by atoms with Crippen LogP contribution in [0.4, 0.5) is 0 Å². The number of carboxylic acid groups (broad SMARTS) is 1. The van der Waals surface area contributed by atoms with Gasteiger partial charge in [-0.25, -0.2) is 4.79 Å². The lowest BCUT2D eigenvalue weighted by Crippen LogP contribution is -2.41. The van der Waals surface area contributed by atoms with Crippen molar-refractivity contribution >= 4 is 17.6 Å². The Kier molecular flexibility index (Phi) is 3.29. The highest BCUT2D eigenvalue weighted by Gasteiger charge is 2.44. The van der Waals surface area contributed by atoms with E-state index < -0.39 is 11.6 Å². The highest BCUT2D eigenvalue weighted by molar-refractivity contribution is 6.30. The number of benzene rings is 1. The van der Waals surface area contributed by atoms with Gasteiger partial charge in [-0.1, -0.05) is 11.6 Å². The molecule has 92 valence electrons. The van der Waals surface area contributed by atoms with Gasteiger partial charge in [0.25, 0.3) is 0 Å². The van der Waals surface area contributed by atoms with Crippen LogP contribution >= 0.6 is 11.6 Å². The molecule has 0 bridgehead atoms. The number of aliphatic carboxylic acids is 1. The minimum atomic E-state index is -1.04. The average Bonchev–Trinajstić information content (AvgIpc) is 2.72. The minimum Gasteiger partial charge on any atom is -0.478 e. The number of ether oxygens (including phenoxy) is 1. The average molecular weight is 255 g/mol. The fraction of sp³-hybridized carbons (Fsp3) is 0.462. The molecule has 0 heterocycles. The molecular weight excluding hydrogens is 240 g/mol. The predicted molar refractivity (Wildman–Crippen MR) is 65.7 cm³/mol. The van der Waals surface area contributed by atoms with Crippen molar-refractivity contribution in [3.63, 3.8) is 0 Å². The molecule has 0 unspecified atom stereocenters. The number of carbonyl (C=O) groups is 1. The first kappa shape index (κ1) is 12.2. The summed E-state index contributed by atoms with van der Waals surface area (Å²) >= 11 is 5.86. The summed E-state index contributed by atoms with van der Waals surface area (Å²) in [4.78, 5) is 11.4. The van der Waals surface area contributed by atoms with E-state index in [1.54, 1.807) is 18.2 Å². The number of aryl methyl sites for hydroxylation is 1. The summed E-state index contributed by atoms with van der Waals surface area (Å²) in [6.07, 6.45) is 2.95. The lowest BCUT2D eigenvalue weighted by Gasteiger charge is -2.26. The maximum atomic E-state index is 11.4. The molecule has 1 saturated carbocycles. The van der Waals surface area contributed by atoms with Gasteiger partial charge in [0.15, 0.2) is 0 Å². The number of halogens is 1. The molecule has 1 aromatic carbocycles. The van der Waals surface area contributed by atoms with Crippen LogP contribution in [0.25, 0.3) is 0 Å². The highest BCUT2D eigenvalue weighted by atomic mass is 35.5. The Labute approximate surface area is 105 Å². The van der Waals surface area contributed by atoms with Gasteiger partial charge in [0, 0.05) is 5.02 Å². The van der Waals surface area contributed by atoms with Gasteiger partial charge in [0.05, 0.1) is 0 Å². The first-order chi connectivity index (χ1) is 8.03. The summed E-state index contributed by atoms with van der Waals surface area (Å²) in [5.74, 6) is -0.261. The van der Waals surface area contributed by atoms with Crippen molar-refractivity contribution < 1.29 is 14.6 Å². The van der Waals surface area contributed by atoms with Gasteiger partial charge < -0.3 is 9.84 Å². The molecule has 1 fully saturated rings. The molecule has 1 N–H and O–H groups in total. The van der Waals surface area contributed by atoms with Gasteiger partial charge in [-0.2, -0.15) is 0 Å². The number of carboxylic acids is 1. The van der Waals surface area contributed by atoms with Crippen LogP contribution in [-0.2, 0) is 4.79 Å². The molecule has 0 atom stereocenters. The summed E-state index contributed by atoms with van der Waals surface area (Å²) in [6, 6.07) is 5.23. The largest absolute Gasteiger partial charge is 0.478 e. The molecular formula is C13H15ClO3. The first-order valence-corrected chi connectivity index (χ1v) is 6.10. The van der Waals surface area contributed by atoms with E-state index in [0.717, 1.165) is 18.4 Å². The molecule has 0 amide bonds. The third kappa shape index (κ3) is 2.39. The fourth-order valence-electron chi connectivity index (χ4n) is 2.24. The van der Waals surface area contributed by atoms with E-state index in [9.17, 15) is 9.90 Å². The van der Waals surface area contributed by atoms with Gasteiger partial charge in [-0.3, -0.25) is 0 Å². The van der Waals surface area contributed by atoms with Crippen LogP contribution in [0, 0.1) is 6.92 Å². The van der Waals surface area contributed by atoms with Crippen molar-refractivity contribution in [3.05, 3.63) is 28.8 Å². The number of rotatable bonds is 3. The molecule has 0 aliphatic heterocycles. The lowest BCUT2D eigenvalue weighted by molar-refractivity contribution is -0.154. The molecule has 0 spiro atoms. The van der Waals surface area contributed by atoms with Gasteiger partial charge in [0.2, 0.25) is 5.60 Å². The lowest BCUT2D eigenvalue weighted by atomic mass is 10.0. The maximum Gasteiger partial charge on any atom is 0.348 e. The Hall–Kier alpha value is -1.22. The SMILES string of the molecule is Cc1cc(Cl)ccc1OC1(C(=O)O)CCCC1. The Morgan fingerprint density at radius 2 is 2.06 bits per heavy atom. The first-order valence-electron chi connectivity index (χ1n) is 5.72. The van der Waals surface area contributed by atoms with Crippen LogP contribution in [-0.4, -0.2) is 16.7 Å². The number of hydrogen-bond acceptors (Lipinski definition) is 2. The third-order valence-corrected chi connectivity index (χ3v) is 3.48. The minimum absolute atomic E-state index is 0.574. The Balaban J connectivity index is 2.26. The summed E-state index contributed by atoms with van der Waals surface area (Å²) in [6.45, 7) is 1.87. The quantitative estimate of drug-likeness (QED) is 0.899. The Morgan fingerprint density at radius 1 is 1.41 bits per heavy atom. The van der Waals surface area contributed by atoms with Crippen LogP contribution in [0.5, 0.6) is 5.75 Å². The third-order valence-electron chi connectivity index (χ3n) is 3.24. The Morgan fingerprint density at radius 3 is 2.59 bits per heavy atom. The van der Waals surface area contributed by atoms with E-state index >= 15 is 0 Å². The smallest absolute Gasteiger partial charge is 0.348 e. The monoisotopic (exact) mass is 254 g/mol. The van der Waals surface area contributed by atoms with E-state index in [-0.39, 0.29) is 0 Å². The van der Waals surface area contributed by atoms with Crippen LogP contribution in [0.1, 0.15) is 31.2 Å². The molecule has 0 radical (unpaired) electrons. The zero-order valence-corrected chi connectivity index (χ0v) is 10.5. The fourth-order valence-corrected chi connectivity index (χ4v) is 2.47. The number of hydrogen-bond donors (Lipinski definition) is 1. The van der Waals surface area contributed by atoms with Crippen LogP contribution < -0.4 is 4.74 Å². The summed E-state index contributed by atoms with van der Waals surface area (Å²) < 4.78 is 5.75. The Bertz CT molecular complexity index is 436. The maximum absolute atomic E-state index is 11.4. The van der Waals surface area contributed by atoms with Crippen LogP contribution in [0.2, 0.25) is 5.02 Å². The summed E-state index contributed by atoms with van der Waals surface area (Å²) in [7, 11) is 0. The van der Waals surface area contributed by atoms with Crippen molar-refractivity contribution in [2.75, 3.05) is 0 Å². The summed E-state index contributed by atoms with van der Waals surface area (Å²) in [5, 5.41) is 9.95. The van der Waals surface area contributed by atoms with Crippen molar-refractivity contribution in [1.29, 1.82) is 0 Å². The molecule has 3 nitrogen and oxygen atoms in total. The van der Waals surface area contributed by atoms with Crippen molar-refractivity contribution in [2.45, 2.75) is 38.2 Å². The second kappa shape index (κ2) is 4.57. The highest BCUT2D eigenvalue weighted by Crippen LogP contribution is 2.36. The molecule has 1 aromatic rings. The van der Waals surface area contributed by atoms with Gasteiger partial charge in [0.1, 0.15) is 5.75 Å². The van der Waals surface area contributed by atoms with Gasteiger partial charge in [-0.15, -0.1) is 0 Å². The topological polar surface area (TPSA) is 46.5 Å². The second-order valence-electron chi connectivity index (χ2n) is 4.52. The summed E-state index contributed by atoms with van der Waals surface area (Å²) in [5.41, 5.74) is -0.177. The van der Waals surface area contributed by atoms with Gasteiger partial charge in [-0.05, 0) is 56.4 Å². The second-order valence-corrected chi connectivity index (χ2v) is 4.95. The molecule has 1 aliphatic carbocycles. The normalized spacial score (nSPS) is 18.0. The van der Waals surface area contributed by atoms with Crippen LogP contribution in [0.15, 0.2) is 18.2 Å². The molecule has 1 aliphatic rings. The molecule has 2 rings (SSSR count).